The zero-order valence-corrected chi connectivity index (χ0v) is 11.7. The van der Waals surface area contributed by atoms with Gasteiger partial charge in [0.2, 0.25) is 0 Å². The van der Waals surface area contributed by atoms with Crippen molar-refractivity contribution in [3.05, 3.63) is 46.5 Å². The van der Waals surface area contributed by atoms with Crippen molar-refractivity contribution >= 4 is 11.4 Å². The van der Waals surface area contributed by atoms with E-state index in [1.807, 2.05) is 12.1 Å². The number of benzene rings is 1. The van der Waals surface area contributed by atoms with Gasteiger partial charge < -0.3 is 5.11 Å². The molecule has 4 rings (SSSR count). The second-order valence-electron chi connectivity index (χ2n) is 6.38. The minimum atomic E-state index is -0.229. The van der Waals surface area contributed by atoms with Crippen molar-refractivity contribution < 1.29 is 9.90 Å². The first kappa shape index (κ1) is 12.0. The van der Waals surface area contributed by atoms with Crippen molar-refractivity contribution in [3.8, 4) is 5.75 Å². The number of ketones is 1. The lowest BCUT2D eigenvalue weighted by atomic mass is 9.65. The van der Waals surface area contributed by atoms with E-state index in [9.17, 15) is 9.90 Å². The summed E-state index contributed by atoms with van der Waals surface area (Å²) in [5.41, 5.74) is 6.41. The topological polar surface area (TPSA) is 37.3 Å². The summed E-state index contributed by atoms with van der Waals surface area (Å²) in [4.78, 5) is 12.2. The molecule has 2 heteroatoms. The molecule has 0 spiro atoms. The van der Waals surface area contributed by atoms with Gasteiger partial charge in [-0.05, 0) is 72.6 Å². The zero-order chi connectivity index (χ0) is 13.9. The molecule has 2 nitrogen and oxygen atoms in total. The lowest BCUT2D eigenvalue weighted by Gasteiger charge is -2.37. The largest absolute Gasteiger partial charge is 0.508 e. The smallest absolute Gasteiger partial charge is 0.146 e. The summed E-state index contributed by atoms with van der Waals surface area (Å²) in [6, 6.07) is 5.71. The highest BCUT2D eigenvalue weighted by Gasteiger charge is 2.45. The lowest BCUT2D eigenvalue weighted by molar-refractivity contribution is -0.124. The van der Waals surface area contributed by atoms with E-state index in [-0.39, 0.29) is 5.41 Å². The first-order chi connectivity index (χ1) is 9.59. The molecule has 102 valence electrons. The third-order valence-corrected chi connectivity index (χ3v) is 5.32. The number of allylic oxidation sites excluding steroid dienone is 4. The van der Waals surface area contributed by atoms with Crippen molar-refractivity contribution in [3.63, 3.8) is 0 Å². The molecule has 3 aliphatic carbocycles. The normalized spacial score (nSPS) is 27.9. The summed E-state index contributed by atoms with van der Waals surface area (Å²) < 4.78 is 0. The molecular weight excluding hydrogens is 248 g/mol. The van der Waals surface area contributed by atoms with E-state index in [0.717, 1.165) is 25.7 Å². The van der Waals surface area contributed by atoms with E-state index in [1.165, 1.54) is 27.8 Å². The highest BCUT2D eigenvalue weighted by atomic mass is 16.3. The van der Waals surface area contributed by atoms with Gasteiger partial charge in [-0.2, -0.15) is 0 Å². The van der Waals surface area contributed by atoms with Crippen LogP contribution in [0.15, 0.2) is 35.4 Å². The van der Waals surface area contributed by atoms with Gasteiger partial charge in [-0.15, -0.1) is 0 Å². The maximum absolute atomic E-state index is 12.2. The molecular formula is C18H18O2. The number of hydrogen-bond acceptors (Lipinski definition) is 2. The quantitative estimate of drug-likeness (QED) is 0.775. The van der Waals surface area contributed by atoms with Crippen molar-refractivity contribution in [2.45, 2.75) is 39.0 Å². The Balaban J connectivity index is 1.89. The maximum Gasteiger partial charge on any atom is 0.146 e. The fraction of sp³-hybridized carbons (Fsp3) is 0.389. The lowest BCUT2D eigenvalue weighted by Crippen LogP contribution is -2.30. The predicted molar refractivity (Wildman–Crippen MR) is 78.4 cm³/mol. The summed E-state index contributed by atoms with van der Waals surface area (Å²) in [5, 5.41) is 9.64. The molecule has 0 aromatic heterocycles. The number of Topliss-reactive ketones (excluding diaryl/α,β-unsaturated/α-hetero) is 1. The molecule has 0 aliphatic heterocycles. The summed E-state index contributed by atoms with van der Waals surface area (Å²) in [7, 11) is 0. The molecule has 1 aromatic carbocycles. The molecule has 0 radical (unpaired) electrons. The van der Waals surface area contributed by atoms with Gasteiger partial charge in [0.25, 0.3) is 0 Å². The first-order valence-corrected chi connectivity index (χ1v) is 7.38. The zero-order valence-electron chi connectivity index (χ0n) is 11.7. The Bertz CT molecular complexity index is 693. The number of fused-ring (bicyclic) bond motifs is 4. The van der Waals surface area contributed by atoms with Crippen molar-refractivity contribution in [1.29, 1.82) is 0 Å². The number of rotatable bonds is 0. The van der Waals surface area contributed by atoms with Gasteiger partial charge in [-0.25, -0.2) is 0 Å². The summed E-state index contributed by atoms with van der Waals surface area (Å²) >= 11 is 0. The van der Waals surface area contributed by atoms with E-state index in [1.54, 1.807) is 6.07 Å². The van der Waals surface area contributed by atoms with Crippen LogP contribution in [0.5, 0.6) is 5.75 Å². The van der Waals surface area contributed by atoms with Crippen molar-refractivity contribution in [1.82, 2.24) is 0 Å². The molecule has 1 atom stereocenters. The summed E-state index contributed by atoms with van der Waals surface area (Å²) in [6.07, 6.45) is 6.63. The number of carbonyl (C=O) groups excluding carboxylic acids is 1. The van der Waals surface area contributed by atoms with Crippen LogP contribution in [0.3, 0.4) is 0 Å². The Morgan fingerprint density at radius 3 is 2.85 bits per heavy atom. The highest BCUT2D eigenvalue weighted by Crippen LogP contribution is 2.53. The Morgan fingerprint density at radius 2 is 2.00 bits per heavy atom. The number of carbonyl (C=O) groups is 1. The fourth-order valence-electron chi connectivity index (χ4n) is 4.14. The van der Waals surface area contributed by atoms with E-state index in [4.69, 9.17) is 0 Å². The Labute approximate surface area is 118 Å². The van der Waals surface area contributed by atoms with Crippen LogP contribution >= 0.6 is 0 Å². The van der Waals surface area contributed by atoms with Gasteiger partial charge in [0, 0.05) is 6.42 Å². The summed E-state index contributed by atoms with van der Waals surface area (Å²) in [5.74, 6) is 0.735. The Morgan fingerprint density at radius 1 is 1.15 bits per heavy atom. The van der Waals surface area contributed by atoms with Crippen LogP contribution in [0.4, 0.5) is 0 Å². The Hall–Kier alpha value is -1.83. The number of aryl methyl sites for hydroxylation is 1. The molecule has 0 heterocycles. The molecule has 3 aliphatic rings. The molecule has 0 saturated carbocycles. The molecule has 1 N–H and O–H groups in total. The fourth-order valence-corrected chi connectivity index (χ4v) is 4.14. The highest BCUT2D eigenvalue weighted by molar-refractivity contribution is 5.96. The van der Waals surface area contributed by atoms with Crippen LogP contribution in [0.25, 0.3) is 5.57 Å². The monoisotopic (exact) mass is 266 g/mol. The molecule has 20 heavy (non-hydrogen) atoms. The third kappa shape index (κ3) is 1.42. The predicted octanol–water partition coefficient (Wildman–Crippen LogP) is 3.79. The molecule has 0 amide bonds. The van der Waals surface area contributed by atoms with E-state index >= 15 is 0 Å². The maximum atomic E-state index is 12.2. The van der Waals surface area contributed by atoms with Gasteiger partial charge in [0.05, 0.1) is 5.41 Å². The van der Waals surface area contributed by atoms with Crippen LogP contribution in [-0.2, 0) is 11.2 Å². The number of aromatic hydroxyl groups is 1. The van der Waals surface area contributed by atoms with Crippen LogP contribution in [0.1, 0.15) is 43.7 Å². The average molecular weight is 266 g/mol. The van der Waals surface area contributed by atoms with Gasteiger partial charge in [-0.3, -0.25) is 4.79 Å². The minimum Gasteiger partial charge on any atom is -0.508 e. The number of phenols is 1. The molecule has 0 saturated heterocycles. The van der Waals surface area contributed by atoms with Crippen molar-refractivity contribution in [2.75, 3.05) is 0 Å². The average Bonchev–Trinajstić information content (AvgIpc) is 2.74. The van der Waals surface area contributed by atoms with Crippen LogP contribution in [-0.4, -0.2) is 10.9 Å². The van der Waals surface area contributed by atoms with Gasteiger partial charge in [-0.1, -0.05) is 12.1 Å². The second-order valence-corrected chi connectivity index (χ2v) is 6.38. The molecule has 1 aromatic rings. The third-order valence-electron chi connectivity index (χ3n) is 5.32. The van der Waals surface area contributed by atoms with Crippen LogP contribution in [0, 0.1) is 5.41 Å². The van der Waals surface area contributed by atoms with E-state index < -0.39 is 0 Å². The van der Waals surface area contributed by atoms with Crippen LogP contribution < -0.4 is 0 Å². The SMILES string of the molecule is C[C@@]12CCC3=C(CCc4cc(O)ccc43)C1=CCC2=O. The van der Waals surface area contributed by atoms with Crippen molar-refractivity contribution in [2.24, 2.45) is 5.41 Å². The number of hydrogen-bond donors (Lipinski definition) is 1. The molecule has 0 unspecified atom stereocenters. The minimum absolute atomic E-state index is 0.229. The second kappa shape index (κ2) is 3.85. The van der Waals surface area contributed by atoms with Gasteiger partial charge >= 0.3 is 0 Å². The van der Waals surface area contributed by atoms with E-state index in [2.05, 4.69) is 13.0 Å². The van der Waals surface area contributed by atoms with E-state index in [0.29, 0.717) is 18.0 Å². The summed E-state index contributed by atoms with van der Waals surface area (Å²) in [6.45, 7) is 2.12. The van der Waals surface area contributed by atoms with Gasteiger partial charge in [0.1, 0.15) is 11.5 Å². The first-order valence-electron chi connectivity index (χ1n) is 7.38. The van der Waals surface area contributed by atoms with Gasteiger partial charge in [0.15, 0.2) is 0 Å². The molecule has 0 bridgehead atoms. The Kier molecular flexibility index (Phi) is 2.30. The van der Waals surface area contributed by atoms with Crippen LogP contribution in [0.2, 0.25) is 0 Å². The molecule has 0 fully saturated rings. The standard InChI is InChI=1S/C18H18O2/c1-18-9-8-14-13-5-3-12(19)10-11(13)2-4-15(14)16(18)6-7-17(18)20/h3,5-6,10,19H,2,4,7-9H2,1H3/t18-/m1/s1. The number of phenolic OH excluding ortho intramolecular Hbond substituents is 1.